The lowest BCUT2D eigenvalue weighted by molar-refractivity contribution is -0.148. The van der Waals surface area contributed by atoms with Gasteiger partial charge in [0.25, 0.3) is 0 Å². The lowest BCUT2D eigenvalue weighted by Gasteiger charge is -2.39. The minimum Gasteiger partial charge on any atom is -0.391 e. The Labute approximate surface area is 333 Å². The third kappa shape index (κ3) is 13.7. The van der Waals surface area contributed by atoms with Crippen molar-refractivity contribution in [1.82, 2.24) is 31.1 Å². The van der Waals surface area contributed by atoms with Crippen LogP contribution in [0.25, 0.3) is 0 Å². The molecule has 0 aromatic rings. The minimum atomic E-state index is -1.41. The molecule has 15 nitrogen and oxygen atoms in total. The number of carbonyl (C=O) groups excluding carboxylic acids is 7. The Hall–Kier alpha value is -3.75. The van der Waals surface area contributed by atoms with Gasteiger partial charge in [-0.15, -0.1) is 0 Å². The second-order valence-electron chi connectivity index (χ2n) is 17.1. The fourth-order valence-electron chi connectivity index (χ4n) is 8.29. The van der Waals surface area contributed by atoms with Crippen molar-refractivity contribution in [2.24, 2.45) is 23.5 Å². The number of primary amides is 1. The lowest BCUT2D eigenvalue weighted by Crippen LogP contribution is -2.62. The van der Waals surface area contributed by atoms with Gasteiger partial charge < -0.3 is 41.9 Å². The van der Waals surface area contributed by atoms with E-state index in [1.54, 1.807) is 4.90 Å². The maximum absolute atomic E-state index is 14.2. The molecule has 3 rings (SSSR count). The maximum Gasteiger partial charge on any atom is 0.246 e. The number of unbranched alkanes of at least 4 members (excludes halogenated alkanes) is 1. The van der Waals surface area contributed by atoms with Gasteiger partial charge in [-0.3, -0.25) is 33.6 Å². The quantitative estimate of drug-likeness (QED) is 0.107. The van der Waals surface area contributed by atoms with Crippen molar-refractivity contribution in [3.05, 3.63) is 0 Å². The van der Waals surface area contributed by atoms with Gasteiger partial charge in [0.1, 0.15) is 36.3 Å². The smallest absolute Gasteiger partial charge is 0.246 e. The molecule has 15 heteroatoms. The molecule has 1 saturated carbocycles. The molecule has 0 aromatic heterocycles. The highest BCUT2D eigenvalue weighted by molar-refractivity contribution is 5.97. The van der Waals surface area contributed by atoms with Crippen molar-refractivity contribution < 1.29 is 38.7 Å². The monoisotopic (exact) mass is 790 g/mol. The molecule has 2 heterocycles. The first kappa shape index (κ1) is 46.6. The number of aliphatic hydroxyl groups excluding tert-OH is 1. The molecule has 3 aliphatic rings. The first-order chi connectivity index (χ1) is 26.5. The van der Waals surface area contributed by atoms with Gasteiger partial charge in [0.15, 0.2) is 0 Å². The molecule has 318 valence electrons. The van der Waals surface area contributed by atoms with Crippen molar-refractivity contribution in [3.63, 3.8) is 0 Å². The molecule has 7 amide bonds. The van der Waals surface area contributed by atoms with Crippen LogP contribution < -0.4 is 27.0 Å². The van der Waals surface area contributed by atoms with Crippen LogP contribution in [0.3, 0.4) is 0 Å². The van der Waals surface area contributed by atoms with Crippen molar-refractivity contribution in [2.75, 3.05) is 13.1 Å². The average Bonchev–Trinajstić information content (AvgIpc) is 3.66. The number of nitrogens with one attached hydrogen (secondary N) is 4. The van der Waals surface area contributed by atoms with Crippen LogP contribution in [-0.2, 0) is 33.6 Å². The highest BCUT2D eigenvalue weighted by Gasteiger charge is 2.42. The molecular weight excluding hydrogens is 718 g/mol. The summed E-state index contributed by atoms with van der Waals surface area (Å²) in [4.78, 5) is 97.2. The van der Waals surface area contributed by atoms with Crippen LogP contribution in [0, 0.1) is 17.8 Å². The Morgan fingerprint density at radius 1 is 0.696 bits per heavy atom. The van der Waals surface area contributed by atoms with E-state index >= 15 is 0 Å². The van der Waals surface area contributed by atoms with E-state index in [1.165, 1.54) is 31.1 Å². The Morgan fingerprint density at radius 3 is 1.88 bits per heavy atom. The zero-order valence-electron chi connectivity index (χ0n) is 34.8. The minimum absolute atomic E-state index is 0.0401. The molecule has 7 N–H and O–H groups in total. The summed E-state index contributed by atoms with van der Waals surface area (Å²) in [6, 6.07) is -5.92. The average molecular weight is 790 g/mol. The van der Waals surface area contributed by atoms with E-state index in [0.29, 0.717) is 57.4 Å². The molecular formula is C41H71N7O8. The number of aliphatic hydroxyl groups is 1. The highest BCUT2D eigenvalue weighted by Crippen LogP contribution is 2.28. The Balaban J connectivity index is 1.71. The zero-order valence-corrected chi connectivity index (χ0v) is 34.8. The van der Waals surface area contributed by atoms with Gasteiger partial charge >= 0.3 is 0 Å². The Kier molecular flexibility index (Phi) is 19.0. The van der Waals surface area contributed by atoms with Crippen LogP contribution in [-0.4, -0.2) is 112 Å². The van der Waals surface area contributed by atoms with Gasteiger partial charge in [-0.2, -0.15) is 0 Å². The van der Waals surface area contributed by atoms with Gasteiger partial charge in [0.05, 0.1) is 6.10 Å². The predicted octanol–water partition coefficient (Wildman–Crippen LogP) is 2.42. The van der Waals surface area contributed by atoms with Crippen LogP contribution in [0.15, 0.2) is 0 Å². The normalized spacial score (nSPS) is 21.8. The van der Waals surface area contributed by atoms with E-state index < -0.39 is 71.9 Å². The third-order valence-electron chi connectivity index (χ3n) is 11.6. The summed E-state index contributed by atoms with van der Waals surface area (Å²) in [6.07, 6.45) is 10.4. The van der Waals surface area contributed by atoms with Crippen molar-refractivity contribution in [2.45, 2.75) is 187 Å². The van der Waals surface area contributed by atoms with E-state index in [1.807, 2.05) is 34.6 Å². The molecule has 56 heavy (non-hydrogen) atoms. The summed E-state index contributed by atoms with van der Waals surface area (Å²) >= 11 is 0. The van der Waals surface area contributed by atoms with Crippen LogP contribution in [0.4, 0.5) is 0 Å². The van der Waals surface area contributed by atoms with Crippen LogP contribution >= 0.6 is 0 Å². The molecule has 0 spiro atoms. The number of piperidine rings is 1. The molecule has 0 unspecified atom stereocenters. The molecule has 0 radical (unpaired) electrons. The van der Waals surface area contributed by atoms with E-state index in [-0.39, 0.29) is 36.6 Å². The standard InChI is InChI=1S/C41H71N7O8/c1-7-8-17-29(40(55)47-23-14-19-32(47)38(53)46-35(27(6)49)39(54)44-30(36(42)51)24-25(2)3)43-37(52)31-18-12-13-22-48(31)41(56)34(26(4)5)45-33(50)21-20-28-15-10-9-11-16-28/h25-32,34-35,49H,7-24H2,1-6H3,(H2,42,51)(H,43,52)(H,44,54)(H,45,50)(H,46,53)/t27-,29+,30+,31+,32+,34+,35+/m1/s1. The summed E-state index contributed by atoms with van der Waals surface area (Å²) < 4.78 is 0. The number of nitrogens with zero attached hydrogens (tertiary/aromatic N) is 2. The summed E-state index contributed by atoms with van der Waals surface area (Å²) in [5.41, 5.74) is 5.49. The number of hydrogen-bond acceptors (Lipinski definition) is 8. The molecule has 0 bridgehead atoms. The fraction of sp³-hybridized carbons (Fsp3) is 0.829. The van der Waals surface area contributed by atoms with Gasteiger partial charge in [-0.1, -0.05) is 79.6 Å². The van der Waals surface area contributed by atoms with Crippen molar-refractivity contribution in [3.8, 4) is 0 Å². The van der Waals surface area contributed by atoms with Crippen molar-refractivity contribution >= 4 is 41.4 Å². The summed E-state index contributed by atoms with van der Waals surface area (Å²) in [5.74, 6) is -3.11. The van der Waals surface area contributed by atoms with Gasteiger partial charge in [-0.05, 0) is 76.0 Å². The van der Waals surface area contributed by atoms with Crippen LogP contribution in [0.5, 0.6) is 0 Å². The Bertz CT molecular complexity index is 1350. The third-order valence-corrected chi connectivity index (χ3v) is 11.6. The molecule has 2 saturated heterocycles. The number of hydrogen-bond donors (Lipinski definition) is 6. The van der Waals surface area contributed by atoms with Gasteiger partial charge in [0, 0.05) is 19.5 Å². The summed E-state index contributed by atoms with van der Waals surface area (Å²) in [5, 5.41) is 21.5. The second kappa shape index (κ2) is 22.9. The second-order valence-corrected chi connectivity index (χ2v) is 17.1. The lowest BCUT2D eigenvalue weighted by atomic mass is 9.86. The molecule has 3 fully saturated rings. The molecule has 0 aromatic carbocycles. The van der Waals surface area contributed by atoms with Crippen molar-refractivity contribution in [1.29, 1.82) is 0 Å². The van der Waals surface area contributed by atoms with Gasteiger partial charge in [0.2, 0.25) is 41.4 Å². The maximum atomic E-state index is 14.2. The SMILES string of the molecule is CCCC[C@H](NC(=O)[C@@H]1CCCCN1C(=O)[C@@H](NC(=O)CCC1CCCCC1)C(C)C)C(=O)N1CCC[C@H]1C(=O)N[C@H](C(=O)N[C@@H](CC(C)C)C(N)=O)[C@@H](C)O. The zero-order chi connectivity index (χ0) is 41.5. The molecule has 2 aliphatic heterocycles. The number of nitrogens with two attached hydrogens (primary N) is 1. The first-order valence-corrected chi connectivity index (χ1v) is 21.3. The predicted molar refractivity (Wildman–Crippen MR) is 212 cm³/mol. The number of carbonyl (C=O) groups is 7. The topological polar surface area (TPSA) is 220 Å². The summed E-state index contributed by atoms with van der Waals surface area (Å²) in [6.45, 7) is 11.4. The Morgan fingerprint density at radius 2 is 1.29 bits per heavy atom. The van der Waals surface area contributed by atoms with Crippen LogP contribution in [0.2, 0.25) is 0 Å². The van der Waals surface area contributed by atoms with Gasteiger partial charge in [-0.25, -0.2) is 0 Å². The number of rotatable bonds is 20. The van der Waals surface area contributed by atoms with Crippen LogP contribution in [0.1, 0.15) is 144 Å². The van der Waals surface area contributed by atoms with E-state index in [4.69, 9.17) is 5.73 Å². The highest BCUT2D eigenvalue weighted by atomic mass is 16.3. The fourth-order valence-corrected chi connectivity index (χ4v) is 8.29. The summed E-state index contributed by atoms with van der Waals surface area (Å²) in [7, 11) is 0. The largest absolute Gasteiger partial charge is 0.391 e. The molecule has 1 aliphatic carbocycles. The first-order valence-electron chi connectivity index (χ1n) is 21.3. The number of likely N-dealkylation sites (tertiary alicyclic amines) is 2. The molecule has 7 atom stereocenters. The van der Waals surface area contributed by atoms with E-state index in [2.05, 4.69) is 21.3 Å². The van der Waals surface area contributed by atoms with E-state index in [9.17, 15) is 38.7 Å². The van der Waals surface area contributed by atoms with E-state index in [0.717, 1.165) is 32.1 Å². The number of amides is 7.